The van der Waals surface area contributed by atoms with Crippen LogP contribution in [0.2, 0.25) is 0 Å². The fourth-order valence-electron chi connectivity index (χ4n) is 2.60. The maximum Gasteiger partial charge on any atom is 0.309 e. The summed E-state index contributed by atoms with van der Waals surface area (Å²) in [6.07, 6.45) is 0.694. The van der Waals surface area contributed by atoms with Gasteiger partial charge in [-0.05, 0) is 37.6 Å². The number of hydrogen-bond donors (Lipinski definition) is 1. The lowest BCUT2D eigenvalue weighted by atomic mass is 10.0. The zero-order valence-electron chi connectivity index (χ0n) is 16.8. The minimum atomic E-state index is -0.741. The number of aryl methyl sites for hydroxylation is 1. The van der Waals surface area contributed by atoms with E-state index in [-0.39, 0.29) is 36.0 Å². The quantitative estimate of drug-likeness (QED) is 0.504. The van der Waals surface area contributed by atoms with Crippen LogP contribution in [0.1, 0.15) is 36.3 Å². The molecular weight excluding hydrogens is 381 g/mol. The fraction of sp³-hybridized carbons (Fsp3) is 0.381. The van der Waals surface area contributed by atoms with Crippen LogP contribution in [0.5, 0.6) is 17.2 Å². The first-order chi connectivity index (χ1) is 13.7. The van der Waals surface area contributed by atoms with E-state index in [4.69, 9.17) is 14.2 Å². The van der Waals surface area contributed by atoms with E-state index in [9.17, 15) is 19.1 Å². The molecule has 2 atom stereocenters. The molecule has 0 unspecified atom stereocenters. The molecule has 0 aliphatic rings. The number of ether oxygens (including phenoxy) is 3. The van der Waals surface area contributed by atoms with Gasteiger partial charge in [0.2, 0.25) is 0 Å². The summed E-state index contributed by atoms with van der Waals surface area (Å²) in [5.74, 6) is -1.92. The molecule has 156 valence electrons. The van der Waals surface area contributed by atoms with E-state index in [1.165, 1.54) is 37.6 Å². The molecule has 0 fully saturated rings. The summed E-state index contributed by atoms with van der Waals surface area (Å²) in [5.41, 5.74) is 0.472. The SMILES string of the molecule is COc1ccnc(C(=O)C[C@@H](C)C(=O)OC[C@H](C)Oc2ccc(F)cc2C)c1O. The Bertz CT molecular complexity index is 885. The number of methoxy groups -OCH3 is 1. The molecule has 1 aromatic heterocycles. The Morgan fingerprint density at radius 2 is 1.93 bits per heavy atom. The predicted octanol–water partition coefficient (Wildman–Crippen LogP) is 3.46. The molecule has 1 heterocycles. The monoisotopic (exact) mass is 405 g/mol. The summed E-state index contributed by atoms with van der Waals surface area (Å²) in [5, 5.41) is 10.0. The first kappa shape index (κ1) is 22.1. The normalized spacial score (nSPS) is 12.7. The summed E-state index contributed by atoms with van der Waals surface area (Å²) in [4.78, 5) is 28.4. The highest BCUT2D eigenvalue weighted by atomic mass is 19.1. The molecule has 0 bridgehead atoms. The van der Waals surface area contributed by atoms with Crippen molar-refractivity contribution < 1.29 is 33.3 Å². The topological polar surface area (TPSA) is 95.0 Å². The molecule has 0 radical (unpaired) electrons. The molecule has 2 rings (SSSR count). The molecule has 0 saturated carbocycles. The first-order valence-electron chi connectivity index (χ1n) is 9.07. The highest BCUT2D eigenvalue weighted by Gasteiger charge is 2.24. The van der Waals surface area contributed by atoms with Crippen LogP contribution in [0, 0.1) is 18.7 Å². The number of esters is 1. The van der Waals surface area contributed by atoms with Crippen molar-refractivity contribution in [2.45, 2.75) is 33.3 Å². The summed E-state index contributed by atoms with van der Waals surface area (Å²) in [7, 11) is 1.36. The number of benzene rings is 1. The van der Waals surface area contributed by atoms with E-state index < -0.39 is 23.8 Å². The maximum atomic E-state index is 13.1. The molecule has 2 aromatic rings. The van der Waals surface area contributed by atoms with Gasteiger partial charge in [0, 0.05) is 18.7 Å². The lowest BCUT2D eigenvalue weighted by molar-refractivity contribution is -0.150. The van der Waals surface area contributed by atoms with Crippen molar-refractivity contribution in [1.29, 1.82) is 0 Å². The van der Waals surface area contributed by atoms with Gasteiger partial charge >= 0.3 is 5.97 Å². The number of carbonyl (C=O) groups is 2. The van der Waals surface area contributed by atoms with Crippen molar-refractivity contribution in [2.24, 2.45) is 5.92 Å². The van der Waals surface area contributed by atoms with Gasteiger partial charge in [0.15, 0.2) is 23.0 Å². The van der Waals surface area contributed by atoms with E-state index in [0.29, 0.717) is 11.3 Å². The predicted molar refractivity (Wildman–Crippen MR) is 103 cm³/mol. The first-order valence-corrected chi connectivity index (χ1v) is 9.07. The van der Waals surface area contributed by atoms with Crippen LogP contribution in [0.15, 0.2) is 30.5 Å². The molecule has 0 saturated heterocycles. The summed E-state index contributed by atoms with van der Waals surface area (Å²) in [6, 6.07) is 5.58. The van der Waals surface area contributed by atoms with E-state index in [2.05, 4.69) is 4.98 Å². The zero-order chi connectivity index (χ0) is 21.6. The van der Waals surface area contributed by atoms with Crippen LogP contribution >= 0.6 is 0 Å². The minimum Gasteiger partial charge on any atom is -0.503 e. The molecule has 0 aliphatic carbocycles. The average Bonchev–Trinajstić information content (AvgIpc) is 2.68. The Labute approximate surface area is 168 Å². The fourth-order valence-corrected chi connectivity index (χ4v) is 2.60. The molecule has 1 aromatic carbocycles. The molecule has 0 spiro atoms. The van der Waals surface area contributed by atoms with Crippen molar-refractivity contribution in [3.8, 4) is 17.2 Å². The molecule has 8 heteroatoms. The second-order valence-corrected chi connectivity index (χ2v) is 6.71. The molecular formula is C21H24FNO6. The average molecular weight is 405 g/mol. The van der Waals surface area contributed by atoms with E-state index in [0.717, 1.165) is 0 Å². The number of halogens is 1. The van der Waals surface area contributed by atoms with Crippen LogP contribution in [0.3, 0.4) is 0 Å². The Morgan fingerprint density at radius 3 is 2.59 bits per heavy atom. The number of aromatic nitrogens is 1. The van der Waals surface area contributed by atoms with Gasteiger partial charge in [-0.15, -0.1) is 0 Å². The lowest BCUT2D eigenvalue weighted by Crippen LogP contribution is -2.26. The Kier molecular flexibility index (Phi) is 7.52. The summed E-state index contributed by atoms with van der Waals surface area (Å²) >= 11 is 0. The third kappa shape index (κ3) is 5.91. The second kappa shape index (κ2) is 9.86. The Hall–Kier alpha value is -3.16. The van der Waals surface area contributed by atoms with Gasteiger partial charge in [-0.25, -0.2) is 9.37 Å². The van der Waals surface area contributed by atoms with E-state index >= 15 is 0 Å². The molecule has 1 N–H and O–H groups in total. The van der Waals surface area contributed by atoms with Crippen molar-refractivity contribution in [2.75, 3.05) is 13.7 Å². The zero-order valence-corrected chi connectivity index (χ0v) is 16.8. The number of rotatable bonds is 9. The number of pyridine rings is 1. The van der Waals surface area contributed by atoms with Crippen LogP contribution in [0.4, 0.5) is 4.39 Å². The van der Waals surface area contributed by atoms with Gasteiger partial charge in [0.25, 0.3) is 0 Å². The Morgan fingerprint density at radius 1 is 1.21 bits per heavy atom. The van der Waals surface area contributed by atoms with Gasteiger partial charge in [0.1, 0.15) is 24.3 Å². The van der Waals surface area contributed by atoms with Crippen molar-refractivity contribution in [3.05, 3.63) is 47.5 Å². The van der Waals surface area contributed by atoms with Gasteiger partial charge in [-0.3, -0.25) is 9.59 Å². The largest absolute Gasteiger partial charge is 0.503 e. The van der Waals surface area contributed by atoms with E-state index in [1.807, 2.05) is 0 Å². The number of hydrogen-bond acceptors (Lipinski definition) is 7. The van der Waals surface area contributed by atoms with Gasteiger partial charge < -0.3 is 19.3 Å². The van der Waals surface area contributed by atoms with Gasteiger partial charge in [-0.1, -0.05) is 6.92 Å². The molecule has 7 nitrogen and oxygen atoms in total. The number of nitrogens with zero attached hydrogens (tertiary/aromatic N) is 1. The molecule has 0 aliphatic heterocycles. The van der Waals surface area contributed by atoms with Gasteiger partial charge in [-0.2, -0.15) is 0 Å². The standard InChI is InChI=1S/C21H24FNO6/c1-12-9-15(22)5-6-17(12)29-14(3)11-28-21(26)13(2)10-16(24)19-20(25)18(27-4)7-8-23-19/h5-9,13-14,25H,10-11H2,1-4H3/t13-,14+/m1/s1. The summed E-state index contributed by atoms with van der Waals surface area (Å²) in [6.45, 7) is 4.95. The Balaban J connectivity index is 1.88. The van der Waals surface area contributed by atoms with Crippen molar-refractivity contribution in [1.82, 2.24) is 4.98 Å². The van der Waals surface area contributed by atoms with Crippen LogP contribution in [-0.2, 0) is 9.53 Å². The lowest BCUT2D eigenvalue weighted by Gasteiger charge is -2.18. The number of Topliss-reactive ketones (excluding diaryl/α,β-unsaturated/α-hetero) is 1. The number of ketones is 1. The second-order valence-electron chi connectivity index (χ2n) is 6.71. The highest BCUT2D eigenvalue weighted by Crippen LogP contribution is 2.29. The summed E-state index contributed by atoms with van der Waals surface area (Å²) < 4.78 is 29.0. The van der Waals surface area contributed by atoms with Crippen LogP contribution < -0.4 is 9.47 Å². The van der Waals surface area contributed by atoms with Crippen molar-refractivity contribution >= 4 is 11.8 Å². The van der Waals surface area contributed by atoms with E-state index in [1.54, 1.807) is 20.8 Å². The highest BCUT2D eigenvalue weighted by molar-refractivity contribution is 5.99. The number of aromatic hydroxyl groups is 1. The third-order valence-corrected chi connectivity index (χ3v) is 4.19. The molecule has 29 heavy (non-hydrogen) atoms. The third-order valence-electron chi connectivity index (χ3n) is 4.19. The van der Waals surface area contributed by atoms with Gasteiger partial charge in [0.05, 0.1) is 13.0 Å². The smallest absolute Gasteiger partial charge is 0.309 e. The van der Waals surface area contributed by atoms with Crippen LogP contribution in [-0.4, -0.2) is 41.7 Å². The molecule has 0 amide bonds. The number of carbonyl (C=O) groups excluding carboxylic acids is 2. The van der Waals surface area contributed by atoms with Crippen molar-refractivity contribution in [3.63, 3.8) is 0 Å². The maximum absolute atomic E-state index is 13.1. The van der Waals surface area contributed by atoms with Crippen LogP contribution in [0.25, 0.3) is 0 Å². The minimum absolute atomic E-state index is 0.0309.